The lowest BCUT2D eigenvalue weighted by atomic mass is 10.2. The molecule has 0 saturated carbocycles. The van der Waals surface area contributed by atoms with Gasteiger partial charge in [-0.2, -0.15) is 13.2 Å². The second kappa shape index (κ2) is 7.41. The maximum atomic E-state index is 12.1. The van der Waals surface area contributed by atoms with Crippen LogP contribution in [-0.4, -0.2) is 49.5 Å². The minimum absolute atomic E-state index is 0.139. The molecule has 1 unspecified atom stereocenters. The molecule has 1 atom stereocenters. The van der Waals surface area contributed by atoms with Gasteiger partial charge in [0.1, 0.15) is 6.10 Å². The molecule has 1 amide bonds. The van der Waals surface area contributed by atoms with Crippen LogP contribution < -0.4 is 15.4 Å². The van der Waals surface area contributed by atoms with Gasteiger partial charge in [0.25, 0.3) is 5.91 Å². The fourth-order valence-electron chi connectivity index (χ4n) is 1.83. The molecule has 2 N–H and O–H groups in total. The molecule has 0 spiro atoms. The Hall–Kier alpha value is -1.87. The number of nitrogens with zero attached hydrogens (tertiary/aromatic N) is 1. The molecule has 122 valence electrons. The fourth-order valence-corrected chi connectivity index (χ4v) is 1.83. The van der Waals surface area contributed by atoms with Crippen molar-refractivity contribution < 1.29 is 27.4 Å². The van der Waals surface area contributed by atoms with Crippen molar-refractivity contribution in [1.29, 1.82) is 0 Å². The molecule has 0 bridgehead atoms. The minimum Gasteiger partial charge on any atom is -0.468 e. The maximum Gasteiger partial charge on any atom is 0.422 e. The molecule has 1 aliphatic rings. The number of nitrogens with one attached hydrogen (secondary N) is 2. The maximum absolute atomic E-state index is 12.1. The van der Waals surface area contributed by atoms with E-state index in [1.54, 1.807) is 6.07 Å². The first-order valence-corrected chi connectivity index (χ1v) is 6.68. The Balaban J connectivity index is 1.83. The number of hydrogen-bond donors (Lipinski definition) is 2. The topological polar surface area (TPSA) is 72.5 Å². The van der Waals surface area contributed by atoms with Gasteiger partial charge in [0, 0.05) is 31.9 Å². The van der Waals surface area contributed by atoms with E-state index < -0.39 is 18.9 Å². The van der Waals surface area contributed by atoms with Gasteiger partial charge >= 0.3 is 6.18 Å². The van der Waals surface area contributed by atoms with Gasteiger partial charge in [-0.15, -0.1) is 0 Å². The zero-order valence-electron chi connectivity index (χ0n) is 11.7. The van der Waals surface area contributed by atoms with E-state index in [9.17, 15) is 18.0 Å². The summed E-state index contributed by atoms with van der Waals surface area (Å²) in [5.74, 6) is -0.415. The van der Waals surface area contributed by atoms with Gasteiger partial charge in [-0.3, -0.25) is 4.79 Å². The van der Waals surface area contributed by atoms with Crippen LogP contribution in [-0.2, 0) is 16.1 Å². The van der Waals surface area contributed by atoms with Gasteiger partial charge < -0.3 is 20.1 Å². The van der Waals surface area contributed by atoms with Crippen LogP contribution >= 0.6 is 0 Å². The highest BCUT2D eigenvalue weighted by atomic mass is 19.4. The van der Waals surface area contributed by atoms with Crippen LogP contribution in [0, 0.1) is 0 Å². The zero-order chi connectivity index (χ0) is 16.0. The number of rotatable bonds is 5. The third-order valence-electron chi connectivity index (χ3n) is 2.87. The number of carbonyl (C=O) groups excluding carboxylic acids is 1. The van der Waals surface area contributed by atoms with E-state index in [1.807, 2.05) is 0 Å². The molecule has 1 saturated heterocycles. The highest BCUT2D eigenvalue weighted by Gasteiger charge is 2.28. The molecule has 0 radical (unpaired) electrons. The minimum atomic E-state index is -4.42. The zero-order valence-corrected chi connectivity index (χ0v) is 11.7. The second-order valence-corrected chi connectivity index (χ2v) is 4.69. The molecule has 9 heteroatoms. The van der Waals surface area contributed by atoms with Crippen LogP contribution in [0.2, 0.25) is 0 Å². The molecule has 1 aromatic heterocycles. The van der Waals surface area contributed by atoms with Crippen molar-refractivity contribution in [2.75, 3.05) is 26.3 Å². The van der Waals surface area contributed by atoms with Crippen molar-refractivity contribution in [3.63, 3.8) is 0 Å². The average molecular weight is 319 g/mol. The van der Waals surface area contributed by atoms with Gasteiger partial charge in [0.05, 0.1) is 6.61 Å². The normalized spacial score (nSPS) is 18.8. The molecule has 22 heavy (non-hydrogen) atoms. The summed E-state index contributed by atoms with van der Waals surface area (Å²) in [7, 11) is 0. The standard InChI is InChI=1S/C13H16F3N3O3/c14-13(15,16)8-22-11-5-9(1-2-18-11)6-19-12(20)10-7-17-3-4-21-10/h1-2,5,10,17H,3-4,6-8H2,(H,19,20). The lowest BCUT2D eigenvalue weighted by Gasteiger charge is -2.22. The Bertz CT molecular complexity index is 505. The van der Waals surface area contributed by atoms with E-state index in [1.165, 1.54) is 12.3 Å². The predicted molar refractivity (Wildman–Crippen MR) is 70.2 cm³/mol. The number of ether oxygens (including phenoxy) is 2. The van der Waals surface area contributed by atoms with E-state index in [0.717, 1.165) is 0 Å². The Labute approximate surface area is 125 Å². The number of morpholine rings is 1. The second-order valence-electron chi connectivity index (χ2n) is 4.69. The molecular formula is C13H16F3N3O3. The predicted octanol–water partition coefficient (Wildman–Crippen LogP) is 0.627. The SMILES string of the molecule is O=C(NCc1ccnc(OCC(F)(F)F)c1)C1CNCCO1. The van der Waals surface area contributed by atoms with E-state index >= 15 is 0 Å². The number of halogens is 3. The van der Waals surface area contributed by atoms with Gasteiger partial charge in [-0.1, -0.05) is 0 Å². The number of aromatic nitrogens is 1. The number of pyridine rings is 1. The largest absolute Gasteiger partial charge is 0.468 e. The van der Waals surface area contributed by atoms with Gasteiger partial charge in [-0.25, -0.2) is 4.98 Å². The lowest BCUT2D eigenvalue weighted by Crippen LogP contribution is -2.47. The first-order chi connectivity index (χ1) is 10.4. The number of amides is 1. The van der Waals surface area contributed by atoms with Crippen LogP contribution in [0.4, 0.5) is 13.2 Å². The van der Waals surface area contributed by atoms with Crippen LogP contribution in [0.25, 0.3) is 0 Å². The molecule has 1 aromatic rings. The van der Waals surface area contributed by atoms with E-state index in [0.29, 0.717) is 25.3 Å². The molecule has 6 nitrogen and oxygen atoms in total. The summed E-state index contributed by atoms with van der Waals surface area (Å²) in [5.41, 5.74) is 0.587. The Kier molecular flexibility index (Phi) is 5.56. The third kappa shape index (κ3) is 5.49. The summed E-state index contributed by atoms with van der Waals surface area (Å²) < 4.78 is 46.1. The first-order valence-electron chi connectivity index (χ1n) is 6.68. The molecule has 0 aromatic carbocycles. The fraction of sp³-hybridized carbons (Fsp3) is 0.538. The lowest BCUT2D eigenvalue weighted by molar-refractivity contribution is -0.154. The van der Waals surface area contributed by atoms with Crippen molar-refractivity contribution in [2.45, 2.75) is 18.8 Å². The van der Waals surface area contributed by atoms with Crippen LogP contribution in [0.15, 0.2) is 18.3 Å². The van der Waals surface area contributed by atoms with Crippen molar-refractivity contribution in [2.24, 2.45) is 0 Å². The average Bonchev–Trinajstić information content (AvgIpc) is 2.51. The summed E-state index contributed by atoms with van der Waals surface area (Å²) in [6.07, 6.45) is -3.65. The van der Waals surface area contributed by atoms with Crippen molar-refractivity contribution >= 4 is 5.91 Å². The Morgan fingerprint density at radius 2 is 2.36 bits per heavy atom. The Morgan fingerprint density at radius 1 is 1.55 bits per heavy atom. The smallest absolute Gasteiger partial charge is 0.422 e. The van der Waals surface area contributed by atoms with Gasteiger partial charge in [-0.05, 0) is 11.6 Å². The number of alkyl halides is 3. The first kappa shape index (κ1) is 16.5. The third-order valence-corrected chi connectivity index (χ3v) is 2.87. The number of hydrogen-bond acceptors (Lipinski definition) is 5. The van der Waals surface area contributed by atoms with E-state index in [4.69, 9.17) is 4.74 Å². The Morgan fingerprint density at radius 3 is 3.05 bits per heavy atom. The summed E-state index contributed by atoms with van der Waals surface area (Å²) in [6.45, 7) is 0.347. The quantitative estimate of drug-likeness (QED) is 0.833. The highest BCUT2D eigenvalue weighted by Crippen LogP contribution is 2.17. The van der Waals surface area contributed by atoms with Crippen LogP contribution in [0.5, 0.6) is 5.88 Å². The monoisotopic (exact) mass is 319 g/mol. The summed E-state index contributed by atoms with van der Waals surface area (Å²) in [4.78, 5) is 15.5. The summed E-state index contributed by atoms with van der Waals surface area (Å²) in [5, 5.41) is 5.69. The van der Waals surface area contributed by atoms with Crippen molar-refractivity contribution in [1.82, 2.24) is 15.6 Å². The van der Waals surface area contributed by atoms with Gasteiger partial charge in [0.2, 0.25) is 5.88 Å². The van der Waals surface area contributed by atoms with Gasteiger partial charge in [0.15, 0.2) is 6.61 Å². The summed E-state index contributed by atoms with van der Waals surface area (Å²) in [6, 6.07) is 2.94. The molecule has 2 heterocycles. The molecule has 1 aliphatic heterocycles. The summed E-state index contributed by atoms with van der Waals surface area (Å²) >= 11 is 0. The highest BCUT2D eigenvalue weighted by molar-refractivity contribution is 5.81. The molecular weight excluding hydrogens is 303 g/mol. The molecule has 0 aliphatic carbocycles. The van der Waals surface area contributed by atoms with Crippen LogP contribution in [0.1, 0.15) is 5.56 Å². The molecule has 1 fully saturated rings. The van der Waals surface area contributed by atoms with Crippen molar-refractivity contribution in [3.05, 3.63) is 23.9 Å². The molecule has 2 rings (SSSR count). The van der Waals surface area contributed by atoms with E-state index in [2.05, 4.69) is 20.4 Å². The van der Waals surface area contributed by atoms with Crippen LogP contribution in [0.3, 0.4) is 0 Å². The van der Waals surface area contributed by atoms with Crippen molar-refractivity contribution in [3.8, 4) is 5.88 Å². The van der Waals surface area contributed by atoms with E-state index in [-0.39, 0.29) is 18.3 Å². The number of carbonyl (C=O) groups is 1.